The van der Waals surface area contributed by atoms with Crippen molar-refractivity contribution in [3.05, 3.63) is 34.9 Å². The van der Waals surface area contributed by atoms with Gasteiger partial charge in [-0.05, 0) is 63.3 Å². The van der Waals surface area contributed by atoms with Crippen molar-refractivity contribution in [2.24, 2.45) is 5.92 Å². The molecule has 1 saturated carbocycles. The summed E-state index contributed by atoms with van der Waals surface area (Å²) in [4.78, 5) is 2.64. The maximum Gasteiger partial charge on any atom is 0.0406 e. The van der Waals surface area contributed by atoms with Crippen LogP contribution in [0.5, 0.6) is 0 Å². The highest BCUT2D eigenvalue weighted by Gasteiger charge is 2.43. The zero-order chi connectivity index (χ0) is 14.2. The van der Waals surface area contributed by atoms with Crippen LogP contribution in [0.15, 0.2) is 24.3 Å². The molecule has 2 fully saturated rings. The lowest BCUT2D eigenvalue weighted by atomic mass is 9.95. The zero-order valence-electron chi connectivity index (χ0n) is 12.5. The molecule has 20 heavy (non-hydrogen) atoms. The van der Waals surface area contributed by atoms with Crippen molar-refractivity contribution in [3.8, 4) is 0 Å². The Balaban J connectivity index is 1.73. The van der Waals surface area contributed by atoms with Gasteiger partial charge in [-0.15, -0.1) is 0 Å². The second-order valence-corrected chi connectivity index (χ2v) is 7.22. The van der Waals surface area contributed by atoms with Crippen LogP contribution in [0.1, 0.15) is 38.7 Å². The summed E-state index contributed by atoms with van der Waals surface area (Å²) in [6.07, 6.45) is 4.02. The monoisotopic (exact) mass is 292 g/mol. The quantitative estimate of drug-likeness (QED) is 0.914. The summed E-state index contributed by atoms with van der Waals surface area (Å²) in [6, 6.07) is 8.94. The Hall–Kier alpha value is -0.570. The first kappa shape index (κ1) is 14.4. The van der Waals surface area contributed by atoms with E-state index in [0.29, 0.717) is 11.6 Å². The molecule has 1 aromatic rings. The second-order valence-electron chi connectivity index (χ2n) is 6.79. The van der Waals surface area contributed by atoms with E-state index in [1.165, 1.54) is 24.8 Å². The van der Waals surface area contributed by atoms with E-state index in [1.54, 1.807) is 0 Å². The van der Waals surface area contributed by atoms with Gasteiger partial charge in [0.1, 0.15) is 0 Å². The minimum absolute atomic E-state index is 0.303. The Bertz CT molecular complexity index is 455. The van der Waals surface area contributed by atoms with E-state index in [-0.39, 0.29) is 0 Å². The number of rotatable bonds is 3. The van der Waals surface area contributed by atoms with Gasteiger partial charge in [-0.2, -0.15) is 0 Å². The Morgan fingerprint density at radius 2 is 1.95 bits per heavy atom. The van der Waals surface area contributed by atoms with Crippen molar-refractivity contribution in [1.29, 1.82) is 0 Å². The van der Waals surface area contributed by atoms with Crippen molar-refractivity contribution in [3.63, 3.8) is 0 Å². The first-order valence-corrected chi connectivity index (χ1v) is 8.18. The largest absolute Gasteiger partial charge is 0.310 e. The zero-order valence-corrected chi connectivity index (χ0v) is 13.3. The summed E-state index contributed by atoms with van der Waals surface area (Å²) < 4.78 is 0. The molecule has 0 bridgehead atoms. The number of nitrogens with one attached hydrogen (secondary N) is 1. The third-order valence-electron chi connectivity index (χ3n) is 5.02. The van der Waals surface area contributed by atoms with E-state index < -0.39 is 0 Å². The molecule has 1 saturated heterocycles. The van der Waals surface area contributed by atoms with Crippen LogP contribution in [0, 0.1) is 5.92 Å². The molecule has 0 spiro atoms. The molecular weight excluding hydrogens is 268 g/mol. The minimum atomic E-state index is 0.303. The molecule has 1 aliphatic heterocycles. The SMILES string of the molecule is CC1CCNC(C)(C2CC2)CN1Cc1ccc(Cl)cc1. The first-order valence-electron chi connectivity index (χ1n) is 7.80. The highest BCUT2D eigenvalue weighted by atomic mass is 35.5. The minimum Gasteiger partial charge on any atom is -0.310 e. The van der Waals surface area contributed by atoms with Gasteiger partial charge in [-0.1, -0.05) is 23.7 Å². The number of nitrogens with zero attached hydrogens (tertiary/aromatic N) is 1. The molecule has 1 aromatic carbocycles. The molecule has 0 radical (unpaired) electrons. The van der Waals surface area contributed by atoms with E-state index in [9.17, 15) is 0 Å². The van der Waals surface area contributed by atoms with Gasteiger partial charge in [0.05, 0.1) is 0 Å². The number of hydrogen-bond acceptors (Lipinski definition) is 2. The van der Waals surface area contributed by atoms with E-state index in [0.717, 1.165) is 30.6 Å². The maximum atomic E-state index is 5.98. The van der Waals surface area contributed by atoms with Crippen molar-refractivity contribution < 1.29 is 0 Å². The average molecular weight is 293 g/mol. The molecule has 1 heterocycles. The summed E-state index contributed by atoms with van der Waals surface area (Å²) in [5, 5.41) is 4.63. The van der Waals surface area contributed by atoms with Crippen molar-refractivity contribution in [2.45, 2.75) is 51.2 Å². The summed E-state index contributed by atoms with van der Waals surface area (Å²) in [7, 11) is 0. The van der Waals surface area contributed by atoms with Crippen LogP contribution in [0.4, 0.5) is 0 Å². The predicted molar refractivity (Wildman–Crippen MR) is 85.1 cm³/mol. The molecule has 2 unspecified atom stereocenters. The highest BCUT2D eigenvalue weighted by molar-refractivity contribution is 6.30. The number of halogens is 1. The van der Waals surface area contributed by atoms with Gasteiger partial charge in [0.25, 0.3) is 0 Å². The van der Waals surface area contributed by atoms with Crippen LogP contribution >= 0.6 is 11.6 Å². The van der Waals surface area contributed by atoms with E-state index in [2.05, 4.69) is 36.2 Å². The van der Waals surface area contributed by atoms with Crippen molar-refractivity contribution in [2.75, 3.05) is 13.1 Å². The molecule has 1 aliphatic carbocycles. The first-order chi connectivity index (χ1) is 9.57. The van der Waals surface area contributed by atoms with E-state index >= 15 is 0 Å². The Morgan fingerprint density at radius 3 is 2.60 bits per heavy atom. The van der Waals surface area contributed by atoms with Crippen LogP contribution in [0.2, 0.25) is 5.02 Å². The predicted octanol–water partition coefficient (Wildman–Crippen LogP) is 3.69. The summed E-state index contributed by atoms with van der Waals surface area (Å²) >= 11 is 5.98. The normalized spacial score (nSPS) is 32.0. The third kappa shape index (κ3) is 3.19. The smallest absolute Gasteiger partial charge is 0.0406 e. The summed E-state index contributed by atoms with van der Waals surface area (Å²) in [5.41, 5.74) is 1.67. The lowest BCUT2D eigenvalue weighted by molar-refractivity contribution is 0.155. The van der Waals surface area contributed by atoms with Gasteiger partial charge in [0.2, 0.25) is 0 Å². The van der Waals surface area contributed by atoms with Crippen molar-refractivity contribution >= 4 is 11.6 Å². The topological polar surface area (TPSA) is 15.3 Å². The number of hydrogen-bond donors (Lipinski definition) is 1. The summed E-state index contributed by atoms with van der Waals surface area (Å²) in [6.45, 7) is 8.10. The van der Waals surface area contributed by atoms with Gasteiger partial charge in [-0.25, -0.2) is 0 Å². The van der Waals surface area contributed by atoms with Crippen LogP contribution in [-0.4, -0.2) is 29.6 Å². The Labute approximate surface area is 127 Å². The molecule has 2 atom stereocenters. The highest BCUT2D eigenvalue weighted by Crippen LogP contribution is 2.41. The van der Waals surface area contributed by atoms with Gasteiger partial charge in [0.15, 0.2) is 0 Å². The Morgan fingerprint density at radius 1 is 1.25 bits per heavy atom. The van der Waals surface area contributed by atoms with Gasteiger partial charge in [-0.3, -0.25) is 4.90 Å². The molecular formula is C17H25ClN2. The van der Waals surface area contributed by atoms with Crippen molar-refractivity contribution in [1.82, 2.24) is 10.2 Å². The van der Waals surface area contributed by atoms with Gasteiger partial charge < -0.3 is 5.32 Å². The third-order valence-corrected chi connectivity index (χ3v) is 5.28. The van der Waals surface area contributed by atoms with E-state index in [4.69, 9.17) is 11.6 Å². The van der Waals surface area contributed by atoms with Crippen LogP contribution < -0.4 is 5.32 Å². The van der Waals surface area contributed by atoms with Crippen LogP contribution in [0.25, 0.3) is 0 Å². The fourth-order valence-electron chi connectivity index (χ4n) is 3.41. The van der Waals surface area contributed by atoms with Gasteiger partial charge >= 0.3 is 0 Å². The molecule has 3 rings (SSSR count). The second kappa shape index (κ2) is 5.67. The molecule has 2 aliphatic rings. The lowest BCUT2D eigenvalue weighted by Gasteiger charge is -2.36. The molecule has 0 amide bonds. The van der Waals surface area contributed by atoms with Gasteiger partial charge in [0, 0.05) is 29.7 Å². The molecule has 1 N–H and O–H groups in total. The molecule has 2 nitrogen and oxygen atoms in total. The Kier molecular flexibility index (Phi) is 4.07. The lowest BCUT2D eigenvalue weighted by Crippen LogP contribution is -2.51. The fraction of sp³-hybridized carbons (Fsp3) is 0.647. The van der Waals surface area contributed by atoms with Crippen LogP contribution in [0.3, 0.4) is 0 Å². The average Bonchev–Trinajstić information content (AvgIpc) is 3.24. The molecule has 0 aromatic heterocycles. The standard InChI is InChI=1S/C17H25ClN2/c1-13-9-10-19-17(2,15-5-6-15)12-20(13)11-14-3-7-16(18)8-4-14/h3-4,7-8,13,15,19H,5-6,9-12H2,1-2H3. The molecule has 110 valence electrons. The fourth-order valence-corrected chi connectivity index (χ4v) is 3.54. The molecule has 3 heteroatoms. The number of benzene rings is 1. The van der Waals surface area contributed by atoms with Crippen LogP contribution in [-0.2, 0) is 6.54 Å². The van der Waals surface area contributed by atoms with E-state index in [1.807, 2.05) is 12.1 Å². The summed E-state index contributed by atoms with van der Waals surface area (Å²) in [5.74, 6) is 0.875. The maximum absolute atomic E-state index is 5.98.